The van der Waals surface area contributed by atoms with Crippen molar-refractivity contribution in [3.05, 3.63) is 41.5 Å². The molecule has 114 valence electrons. The molecule has 0 spiro atoms. The predicted octanol–water partition coefficient (Wildman–Crippen LogP) is 1.44. The zero-order chi connectivity index (χ0) is 15.1. The molecule has 0 unspecified atom stereocenters. The van der Waals surface area contributed by atoms with Crippen LogP contribution in [0.2, 0.25) is 0 Å². The maximum atomic E-state index is 5.84. The largest absolute Gasteiger partial charge is 0.485 e. The number of aryl methyl sites for hydroxylation is 2. The minimum Gasteiger partial charge on any atom is -0.485 e. The summed E-state index contributed by atoms with van der Waals surface area (Å²) in [6.45, 7) is 4.53. The van der Waals surface area contributed by atoms with Crippen LogP contribution in [-0.4, -0.2) is 35.0 Å². The van der Waals surface area contributed by atoms with Gasteiger partial charge in [0.2, 0.25) is 0 Å². The second-order valence-corrected chi connectivity index (χ2v) is 4.84. The van der Waals surface area contributed by atoms with E-state index in [9.17, 15) is 0 Å². The Kier molecular flexibility index (Phi) is 5.71. The van der Waals surface area contributed by atoms with Gasteiger partial charge in [-0.1, -0.05) is 0 Å². The number of rotatable bonds is 8. The third-order valence-electron chi connectivity index (χ3n) is 2.99. The van der Waals surface area contributed by atoms with Gasteiger partial charge in [-0.25, -0.2) is 0 Å². The van der Waals surface area contributed by atoms with Crippen LogP contribution in [0.15, 0.2) is 24.4 Å². The van der Waals surface area contributed by atoms with E-state index < -0.39 is 0 Å². The van der Waals surface area contributed by atoms with Crippen molar-refractivity contribution in [3.8, 4) is 5.75 Å². The summed E-state index contributed by atoms with van der Waals surface area (Å²) in [6, 6.07) is 5.85. The van der Waals surface area contributed by atoms with Crippen molar-refractivity contribution in [1.29, 1.82) is 0 Å². The molecule has 2 aromatic rings. The topological polar surface area (TPSA) is 61.2 Å². The second kappa shape index (κ2) is 7.75. The van der Waals surface area contributed by atoms with Crippen LogP contribution in [0, 0.1) is 6.92 Å². The minimum atomic E-state index is 0.441. The fourth-order valence-corrected chi connectivity index (χ4v) is 1.93. The highest BCUT2D eigenvalue weighted by molar-refractivity contribution is 5.29. The van der Waals surface area contributed by atoms with Crippen LogP contribution in [0.3, 0.4) is 0 Å². The highest BCUT2D eigenvalue weighted by atomic mass is 16.5. The average Bonchev–Trinajstić information content (AvgIpc) is 2.88. The first-order valence-electron chi connectivity index (χ1n) is 6.96. The number of hydrogen-bond donors (Lipinski definition) is 1. The van der Waals surface area contributed by atoms with Crippen LogP contribution >= 0.6 is 0 Å². The van der Waals surface area contributed by atoms with E-state index >= 15 is 0 Å². The monoisotopic (exact) mass is 290 g/mol. The van der Waals surface area contributed by atoms with Gasteiger partial charge in [-0.3, -0.25) is 9.67 Å². The van der Waals surface area contributed by atoms with E-state index in [0.29, 0.717) is 19.8 Å². The molecule has 1 N–H and O–H groups in total. The molecule has 6 nitrogen and oxygen atoms in total. The van der Waals surface area contributed by atoms with Gasteiger partial charge in [0.25, 0.3) is 0 Å². The molecule has 2 heterocycles. The van der Waals surface area contributed by atoms with Gasteiger partial charge in [0.15, 0.2) is 0 Å². The van der Waals surface area contributed by atoms with Gasteiger partial charge in [0.05, 0.1) is 18.0 Å². The van der Waals surface area contributed by atoms with Gasteiger partial charge < -0.3 is 14.8 Å². The fraction of sp³-hybridized carbons (Fsp3) is 0.467. The Bertz CT molecular complexity index is 569. The lowest BCUT2D eigenvalue weighted by atomic mass is 10.3. The summed E-state index contributed by atoms with van der Waals surface area (Å²) < 4.78 is 12.6. The number of nitrogens with one attached hydrogen (secondary N) is 1. The number of aromatic nitrogens is 3. The van der Waals surface area contributed by atoms with Gasteiger partial charge in [-0.2, -0.15) is 5.10 Å². The molecule has 0 bridgehead atoms. The molecular formula is C15H22N4O2. The number of methoxy groups -OCH3 is 1. The van der Waals surface area contributed by atoms with Crippen LogP contribution in [0.1, 0.15) is 17.1 Å². The van der Waals surface area contributed by atoms with E-state index in [1.165, 1.54) is 0 Å². The summed E-state index contributed by atoms with van der Waals surface area (Å²) in [5.41, 5.74) is 2.78. The molecule has 0 radical (unpaired) electrons. The van der Waals surface area contributed by atoms with Gasteiger partial charge >= 0.3 is 0 Å². The lowest BCUT2D eigenvalue weighted by molar-refractivity contribution is 0.198. The smallest absolute Gasteiger partial charge is 0.142 e. The molecule has 2 rings (SSSR count). The number of nitrogens with zero attached hydrogens (tertiary/aromatic N) is 3. The maximum absolute atomic E-state index is 5.84. The first-order valence-corrected chi connectivity index (χ1v) is 6.96. The van der Waals surface area contributed by atoms with E-state index in [1.54, 1.807) is 11.8 Å². The van der Waals surface area contributed by atoms with Gasteiger partial charge in [0, 0.05) is 39.1 Å². The van der Waals surface area contributed by atoms with Crippen LogP contribution in [-0.2, 0) is 24.9 Å². The number of ether oxygens (including phenoxy) is 2. The first kappa shape index (κ1) is 15.5. The fourth-order valence-electron chi connectivity index (χ4n) is 1.93. The van der Waals surface area contributed by atoms with Crippen LogP contribution in [0.5, 0.6) is 5.75 Å². The summed E-state index contributed by atoms with van der Waals surface area (Å²) in [5.74, 6) is 0.788. The normalized spacial score (nSPS) is 10.8. The Labute approximate surface area is 125 Å². The van der Waals surface area contributed by atoms with Crippen molar-refractivity contribution in [2.45, 2.75) is 20.1 Å². The highest BCUT2D eigenvalue weighted by Gasteiger charge is 2.07. The molecule has 0 saturated carbocycles. The van der Waals surface area contributed by atoms with Crippen molar-refractivity contribution < 1.29 is 9.47 Å². The van der Waals surface area contributed by atoms with Gasteiger partial charge in [0.1, 0.15) is 12.4 Å². The minimum absolute atomic E-state index is 0.441. The Hall–Kier alpha value is -1.92. The molecule has 2 aromatic heterocycles. The quantitative estimate of drug-likeness (QED) is 0.745. The molecule has 0 amide bonds. The van der Waals surface area contributed by atoms with Crippen molar-refractivity contribution in [2.75, 3.05) is 20.3 Å². The van der Waals surface area contributed by atoms with Crippen molar-refractivity contribution in [3.63, 3.8) is 0 Å². The average molecular weight is 290 g/mol. The lowest BCUT2D eigenvalue weighted by Gasteiger charge is -2.11. The van der Waals surface area contributed by atoms with Crippen molar-refractivity contribution >= 4 is 0 Å². The molecule has 0 atom stereocenters. The molecule has 6 heteroatoms. The molecule has 0 aliphatic heterocycles. The Morgan fingerprint density at radius 3 is 2.86 bits per heavy atom. The molecule has 0 saturated heterocycles. The van der Waals surface area contributed by atoms with Crippen LogP contribution in [0.25, 0.3) is 0 Å². The number of hydrogen-bond acceptors (Lipinski definition) is 5. The van der Waals surface area contributed by atoms with Gasteiger partial charge in [-0.15, -0.1) is 0 Å². The Balaban J connectivity index is 1.97. The summed E-state index contributed by atoms with van der Waals surface area (Å²) >= 11 is 0. The van der Waals surface area contributed by atoms with E-state index in [4.69, 9.17) is 9.47 Å². The van der Waals surface area contributed by atoms with E-state index in [-0.39, 0.29) is 0 Å². The molecule has 0 aliphatic rings. The molecular weight excluding hydrogens is 268 g/mol. The molecule has 0 aromatic carbocycles. The van der Waals surface area contributed by atoms with E-state index in [0.717, 1.165) is 29.4 Å². The molecule has 0 aliphatic carbocycles. The zero-order valence-corrected chi connectivity index (χ0v) is 12.8. The van der Waals surface area contributed by atoms with Gasteiger partial charge in [-0.05, 0) is 25.1 Å². The van der Waals surface area contributed by atoms with Crippen LogP contribution in [0.4, 0.5) is 0 Å². The highest BCUT2D eigenvalue weighted by Crippen LogP contribution is 2.18. The Morgan fingerprint density at radius 1 is 1.29 bits per heavy atom. The third-order valence-corrected chi connectivity index (χ3v) is 2.99. The summed E-state index contributed by atoms with van der Waals surface area (Å²) in [7, 11) is 3.58. The predicted molar refractivity (Wildman–Crippen MR) is 80.1 cm³/mol. The van der Waals surface area contributed by atoms with E-state index in [2.05, 4.69) is 15.4 Å². The van der Waals surface area contributed by atoms with Crippen molar-refractivity contribution in [1.82, 2.24) is 20.1 Å². The van der Waals surface area contributed by atoms with Crippen molar-refractivity contribution in [2.24, 2.45) is 7.05 Å². The van der Waals surface area contributed by atoms with Crippen LogP contribution < -0.4 is 10.1 Å². The van der Waals surface area contributed by atoms with E-state index in [1.807, 2.05) is 38.4 Å². The summed E-state index contributed by atoms with van der Waals surface area (Å²) in [6.07, 6.45) is 1.90. The summed E-state index contributed by atoms with van der Waals surface area (Å²) in [4.78, 5) is 4.53. The number of pyridine rings is 1. The summed E-state index contributed by atoms with van der Waals surface area (Å²) in [5, 5.41) is 7.58. The first-order chi connectivity index (χ1) is 10.2. The second-order valence-electron chi connectivity index (χ2n) is 4.84. The Morgan fingerprint density at radius 2 is 2.14 bits per heavy atom. The lowest BCUT2D eigenvalue weighted by Crippen LogP contribution is -2.20. The standard InChI is InChI=1S/C15H22N4O2/c1-12-4-5-15(14(17-12)10-16-7-9-20-3)21-11-13-6-8-19(2)18-13/h4-6,8,16H,7,9-11H2,1-3H3. The maximum Gasteiger partial charge on any atom is 0.142 e. The SMILES string of the molecule is COCCNCc1nc(C)ccc1OCc1ccn(C)n1. The molecule has 0 fully saturated rings. The zero-order valence-electron chi connectivity index (χ0n) is 12.8. The molecule has 21 heavy (non-hydrogen) atoms. The third kappa shape index (κ3) is 4.84.